The van der Waals surface area contributed by atoms with Gasteiger partial charge in [-0.25, -0.2) is 9.97 Å². The monoisotopic (exact) mass is 705 g/mol. The number of thiazole rings is 1. The molecule has 3 amide bonds. The van der Waals surface area contributed by atoms with Gasteiger partial charge in [-0.15, -0.1) is 11.3 Å². The fraction of sp³-hybridized carbons (Fsp3) is 0.636. The highest BCUT2D eigenvalue weighted by Crippen LogP contribution is 2.54. The Morgan fingerprint density at radius 2 is 1.88 bits per heavy atom. The number of aromatic nitrogens is 3. The summed E-state index contributed by atoms with van der Waals surface area (Å²) in [5.41, 5.74) is 6.02. The number of likely N-dealkylation sites (tertiary alicyclic amines) is 2. The summed E-state index contributed by atoms with van der Waals surface area (Å²) in [5.74, 6) is -4.39. The van der Waals surface area contributed by atoms with Crippen LogP contribution in [-0.2, 0) is 14.3 Å². The lowest BCUT2D eigenvalue weighted by Gasteiger charge is -2.60. The zero-order chi connectivity index (χ0) is 35.0. The van der Waals surface area contributed by atoms with Gasteiger partial charge in [0, 0.05) is 55.9 Å². The second kappa shape index (κ2) is 13.9. The molecule has 3 saturated heterocycles. The highest BCUT2D eigenvalue weighted by atomic mass is 32.1. The van der Waals surface area contributed by atoms with E-state index >= 15 is 0 Å². The van der Waals surface area contributed by atoms with Crippen molar-refractivity contribution in [1.82, 2.24) is 24.8 Å². The van der Waals surface area contributed by atoms with Gasteiger partial charge in [-0.1, -0.05) is 12.2 Å². The molecule has 4 aliphatic rings. The van der Waals surface area contributed by atoms with Gasteiger partial charge in [-0.2, -0.15) is 13.2 Å². The van der Waals surface area contributed by atoms with Crippen LogP contribution in [-0.4, -0.2) is 112 Å². The normalized spacial score (nSPS) is 28.8. The second-order valence-electron chi connectivity index (χ2n) is 13.9. The topological polar surface area (TPSA) is 155 Å². The van der Waals surface area contributed by atoms with Gasteiger partial charge in [0.2, 0.25) is 17.8 Å². The minimum Gasteiger partial charge on any atom is -0.396 e. The van der Waals surface area contributed by atoms with Crippen LogP contribution in [0.3, 0.4) is 0 Å². The third kappa shape index (κ3) is 6.78. The van der Waals surface area contributed by atoms with E-state index in [0.29, 0.717) is 23.7 Å². The molecule has 0 bridgehead atoms. The molecule has 16 heteroatoms. The van der Waals surface area contributed by atoms with Crippen molar-refractivity contribution in [2.45, 2.75) is 57.3 Å². The van der Waals surface area contributed by atoms with Crippen molar-refractivity contribution in [2.24, 2.45) is 34.3 Å². The number of carbonyl (C=O) groups excluding carboxylic acids is 3. The van der Waals surface area contributed by atoms with Crippen LogP contribution in [0.25, 0.3) is 0 Å². The molecule has 3 N–H and O–H groups in total. The van der Waals surface area contributed by atoms with Crippen LogP contribution in [0.5, 0.6) is 0 Å². The Labute approximate surface area is 286 Å². The number of alkyl halides is 3. The molecule has 266 valence electrons. The van der Waals surface area contributed by atoms with Gasteiger partial charge >= 0.3 is 6.18 Å². The zero-order valence-electron chi connectivity index (χ0n) is 27.3. The van der Waals surface area contributed by atoms with Crippen molar-refractivity contribution in [3.63, 3.8) is 0 Å². The van der Waals surface area contributed by atoms with Crippen molar-refractivity contribution < 1.29 is 37.4 Å². The molecule has 49 heavy (non-hydrogen) atoms. The van der Waals surface area contributed by atoms with E-state index in [1.807, 2.05) is 17.1 Å². The number of hydrogen-bond donors (Lipinski definition) is 2. The standard InChI is InChI=1S/C33H42F3N7O5S/c1-21(48-19-31(18-44)8-3-2-4-9-31)25(29(47)41-12-6-22(7-13-41)33(34,35)36)26-32(17-43(26)30-39-10-5-11-40-30)16-42(15-23(32)27(37)45)28(46)24-14-38-20-49-24/h2-3,5,10-11,14,20-23,25-26,44H,4,6-9,12-13,15-19H2,1H3,(H2,37,45)/t21-,23?,25-,26?,31?,32?/m1/s1. The van der Waals surface area contributed by atoms with Gasteiger partial charge in [0.05, 0.1) is 54.8 Å². The number of hydrogen-bond acceptors (Lipinski definition) is 10. The molecule has 0 radical (unpaired) electrons. The first-order chi connectivity index (χ1) is 23.4. The van der Waals surface area contributed by atoms with Gasteiger partial charge in [0.25, 0.3) is 5.91 Å². The lowest BCUT2D eigenvalue weighted by Crippen LogP contribution is -2.75. The maximum atomic E-state index is 14.8. The van der Waals surface area contributed by atoms with Crippen LogP contribution in [0.2, 0.25) is 0 Å². The van der Waals surface area contributed by atoms with Gasteiger partial charge in [-0.3, -0.25) is 19.4 Å². The van der Waals surface area contributed by atoms with E-state index in [4.69, 9.17) is 10.5 Å². The molecule has 1 spiro atoms. The number of amides is 3. The van der Waals surface area contributed by atoms with Gasteiger partial charge in [0.1, 0.15) is 4.88 Å². The number of piperidine rings is 1. The molecule has 6 atom stereocenters. The number of carbonyl (C=O) groups is 3. The van der Waals surface area contributed by atoms with Crippen molar-refractivity contribution >= 4 is 35.0 Å². The van der Waals surface area contributed by atoms with Crippen LogP contribution in [0, 0.1) is 28.6 Å². The number of aliphatic hydroxyl groups excluding tert-OH is 1. The number of aliphatic hydroxyl groups is 1. The Morgan fingerprint density at radius 3 is 2.47 bits per heavy atom. The zero-order valence-corrected chi connectivity index (χ0v) is 28.1. The third-order valence-corrected chi connectivity index (χ3v) is 11.8. The molecule has 5 heterocycles. The Hall–Kier alpha value is -3.63. The van der Waals surface area contributed by atoms with E-state index < -0.39 is 58.7 Å². The molecule has 1 aliphatic carbocycles. The molecule has 0 aromatic carbocycles. The van der Waals surface area contributed by atoms with Crippen molar-refractivity contribution in [1.29, 1.82) is 0 Å². The first-order valence-electron chi connectivity index (χ1n) is 16.6. The number of anilines is 1. The van der Waals surface area contributed by atoms with E-state index in [1.165, 1.54) is 22.4 Å². The minimum absolute atomic E-state index is 0.0269. The van der Waals surface area contributed by atoms with Crippen LogP contribution in [0.1, 0.15) is 48.7 Å². The van der Waals surface area contributed by atoms with E-state index in [-0.39, 0.29) is 64.7 Å². The maximum Gasteiger partial charge on any atom is 0.391 e. The Morgan fingerprint density at radius 1 is 1.14 bits per heavy atom. The minimum atomic E-state index is -4.36. The summed E-state index contributed by atoms with van der Waals surface area (Å²) < 4.78 is 47.3. The Bertz CT molecular complexity index is 1520. The molecular weight excluding hydrogens is 663 g/mol. The lowest BCUT2D eigenvalue weighted by molar-refractivity contribution is -0.188. The molecular formula is C33H42F3N7O5S. The number of nitrogens with zero attached hydrogens (tertiary/aromatic N) is 6. The molecule has 3 fully saturated rings. The van der Waals surface area contributed by atoms with Crippen LogP contribution in [0.4, 0.5) is 19.1 Å². The summed E-state index contributed by atoms with van der Waals surface area (Å²) in [6.45, 7) is 1.93. The Kier molecular flexibility index (Phi) is 10.0. The molecule has 3 aliphatic heterocycles. The van der Waals surface area contributed by atoms with E-state index in [1.54, 1.807) is 35.8 Å². The van der Waals surface area contributed by atoms with Crippen molar-refractivity contribution in [3.05, 3.63) is 47.2 Å². The summed E-state index contributed by atoms with van der Waals surface area (Å²) in [6, 6.07) is 0.850. The highest BCUT2D eigenvalue weighted by Gasteiger charge is 2.68. The molecule has 12 nitrogen and oxygen atoms in total. The fourth-order valence-corrected chi connectivity index (χ4v) is 8.78. The van der Waals surface area contributed by atoms with Crippen LogP contribution < -0.4 is 10.6 Å². The number of nitrogens with two attached hydrogens (primary N) is 1. The average molecular weight is 706 g/mol. The highest BCUT2D eigenvalue weighted by molar-refractivity contribution is 7.11. The number of ether oxygens (including phenoxy) is 1. The van der Waals surface area contributed by atoms with Gasteiger partial charge in [0.15, 0.2) is 0 Å². The first kappa shape index (κ1) is 35.2. The van der Waals surface area contributed by atoms with Crippen LogP contribution >= 0.6 is 11.3 Å². The molecule has 4 unspecified atom stereocenters. The number of halogens is 3. The van der Waals surface area contributed by atoms with Gasteiger partial charge in [-0.05, 0) is 45.1 Å². The summed E-state index contributed by atoms with van der Waals surface area (Å²) in [4.78, 5) is 59.7. The van der Waals surface area contributed by atoms with Gasteiger partial charge < -0.3 is 30.3 Å². The molecule has 0 saturated carbocycles. The molecule has 2 aromatic rings. The van der Waals surface area contributed by atoms with Crippen LogP contribution in [0.15, 0.2) is 42.3 Å². The average Bonchev–Trinajstić information content (AvgIpc) is 3.79. The number of allylic oxidation sites excluding steroid dienone is 2. The van der Waals surface area contributed by atoms with Crippen molar-refractivity contribution in [3.8, 4) is 0 Å². The maximum absolute atomic E-state index is 14.8. The predicted molar refractivity (Wildman–Crippen MR) is 173 cm³/mol. The smallest absolute Gasteiger partial charge is 0.391 e. The molecule has 6 rings (SSSR count). The summed E-state index contributed by atoms with van der Waals surface area (Å²) in [7, 11) is 0. The first-order valence-corrected chi connectivity index (χ1v) is 17.5. The predicted octanol–water partition coefficient (Wildman–Crippen LogP) is 2.91. The summed E-state index contributed by atoms with van der Waals surface area (Å²) >= 11 is 1.17. The summed E-state index contributed by atoms with van der Waals surface area (Å²) in [5, 5.41) is 10.4. The van der Waals surface area contributed by atoms with E-state index in [0.717, 1.165) is 6.42 Å². The number of primary amides is 1. The summed E-state index contributed by atoms with van der Waals surface area (Å²) in [6.07, 6.45) is 5.07. The second-order valence-corrected chi connectivity index (χ2v) is 14.8. The molecule has 2 aromatic heterocycles. The Balaban J connectivity index is 1.38. The largest absolute Gasteiger partial charge is 0.396 e. The fourth-order valence-electron chi connectivity index (χ4n) is 8.20. The van der Waals surface area contributed by atoms with Crippen molar-refractivity contribution in [2.75, 3.05) is 50.8 Å². The third-order valence-electron chi connectivity index (χ3n) is 11.0. The lowest BCUT2D eigenvalue weighted by atomic mass is 9.59. The number of rotatable bonds is 10. The quantitative estimate of drug-likeness (QED) is 0.355. The van der Waals surface area contributed by atoms with E-state index in [9.17, 15) is 32.7 Å². The SMILES string of the molecule is C[C@@H](OCC1(CO)CC=CCC1)[C@@H](C(=O)N1CCC(C(F)(F)F)CC1)C1N(c2ncccn2)CC12CN(C(=O)c1cncs1)CC2C(N)=O. The van der Waals surface area contributed by atoms with E-state index in [2.05, 4.69) is 15.0 Å².